The van der Waals surface area contributed by atoms with Crippen molar-refractivity contribution >= 4 is 11.6 Å². The number of halogens is 1. The van der Waals surface area contributed by atoms with Crippen LogP contribution in [0.15, 0.2) is 12.5 Å². The largest absolute Gasteiger partial charge is 0.246 e. The number of rotatable bonds is 4. The summed E-state index contributed by atoms with van der Waals surface area (Å²) in [5, 5.41) is 12.0. The topological polar surface area (TPSA) is 61.4 Å². The van der Waals surface area contributed by atoms with Crippen molar-refractivity contribution in [3.05, 3.63) is 24.0 Å². The molecule has 2 heterocycles. The van der Waals surface area contributed by atoms with E-state index in [2.05, 4.69) is 34.2 Å². The summed E-state index contributed by atoms with van der Waals surface area (Å²) in [5.41, 5.74) is 0.766. The van der Waals surface area contributed by atoms with Gasteiger partial charge in [-0.25, -0.2) is 14.3 Å². The summed E-state index contributed by atoms with van der Waals surface area (Å²) in [7, 11) is 0. The smallest absolute Gasteiger partial charge is 0.148 e. The normalized spacial score (nSPS) is 13.2. The fraction of sp³-hybridized carbons (Fsp3) is 0.600. The van der Waals surface area contributed by atoms with Crippen LogP contribution in [-0.4, -0.2) is 29.8 Å². The van der Waals surface area contributed by atoms with Crippen molar-refractivity contribution in [3.63, 3.8) is 0 Å². The van der Waals surface area contributed by atoms with Crippen LogP contribution in [0.3, 0.4) is 0 Å². The highest BCUT2D eigenvalue weighted by atomic mass is 35.5. The molecule has 0 fully saturated rings. The van der Waals surface area contributed by atoms with E-state index in [0.29, 0.717) is 6.54 Å². The lowest BCUT2D eigenvalue weighted by atomic mass is 10.4. The summed E-state index contributed by atoms with van der Waals surface area (Å²) >= 11 is 5.93. The molecule has 0 N–H and O–H groups in total. The maximum Gasteiger partial charge on any atom is 0.148 e. The lowest BCUT2D eigenvalue weighted by molar-refractivity contribution is 0.485. The maximum atomic E-state index is 5.93. The standard InChI is InChI=1S/C10H15ClN6/c1-7(2)17-10(12-6-13-17)5-16-4-9(8(3)11)14-15-16/h4,6-8H,5H2,1-3H3. The molecule has 0 saturated carbocycles. The van der Waals surface area contributed by atoms with E-state index in [1.165, 1.54) is 0 Å². The molecule has 2 aromatic rings. The van der Waals surface area contributed by atoms with Crippen molar-refractivity contribution < 1.29 is 0 Å². The van der Waals surface area contributed by atoms with Crippen LogP contribution in [-0.2, 0) is 6.54 Å². The van der Waals surface area contributed by atoms with Crippen LogP contribution in [0.25, 0.3) is 0 Å². The molecule has 6 nitrogen and oxygen atoms in total. The Labute approximate surface area is 105 Å². The Bertz CT molecular complexity index is 486. The molecule has 0 amide bonds. The highest BCUT2D eigenvalue weighted by molar-refractivity contribution is 6.20. The molecule has 2 aromatic heterocycles. The van der Waals surface area contributed by atoms with Crippen LogP contribution in [0.5, 0.6) is 0 Å². The Morgan fingerprint density at radius 3 is 2.71 bits per heavy atom. The molecule has 92 valence electrons. The van der Waals surface area contributed by atoms with Gasteiger partial charge in [0, 0.05) is 6.04 Å². The summed E-state index contributed by atoms with van der Waals surface area (Å²) in [6.45, 7) is 6.54. The average Bonchev–Trinajstić information content (AvgIpc) is 2.86. The van der Waals surface area contributed by atoms with Gasteiger partial charge >= 0.3 is 0 Å². The van der Waals surface area contributed by atoms with E-state index in [1.54, 1.807) is 11.0 Å². The monoisotopic (exact) mass is 254 g/mol. The van der Waals surface area contributed by atoms with E-state index in [1.807, 2.05) is 17.8 Å². The van der Waals surface area contributed by atoms with E-state index in [9.17, 15) is 0 Å². The minimum absolute atomic E-state index is 0.133. The van der Waals surface area contributed by atoms with Gasteiger partial charge < -0.3 is 0 Å². The van der Waals surface area contributed by atoms with Crippen molar-refractivity contribution in [2.24, 2.45) is 0 Å². The van der Waals surface area contributed by atoms with Gasteiger partial charge in [0.05, 0.1) is 11.6 Å². The number of aromatic nitrogens is 6. The third-order valence-electron chi connectivity index (χ3n) is 2.40. The molecule has 7 heteroatoms. The summed E-state index contributed by atoms with van der Waals surface area (Å²) in [4.78, 5) is 4.22. The third-order valence-corrected chi connectivity index (χ3v) is 2.63. The predicted molar refractivity (Wildman–Crippen MR) is 63.8 cm³/mol. The van der Waals surface area contributed by atoms with Gasteiger partial charge in [0.25, 0.3) is 0 Å². The molecular weight excluding hydrogens is 240 g/mol. The highest BCUT2D eigenvalue weighted by Crippen LogP contribution is 2.15. The maximum absolute atomic E-state index is 5.93. The minimum atomic E-state index is -0.133. The molecule has 0 radical (unpaired) electrons. The minimum Gasteiger partial charge on any atom is -0.246 e. The van der Waals surface area contributed by atoms with Gasteiger partial charge in [0.1, 0.15) is 24.4 Å². The summed E-state index contributed by atoms with van der Waals surface area (Å²) in [5.74, 6) is 0.860. The SMILES string of the molecule is CC(Cl)c1cn(Cc2ncnn2C(C)C)nn1. The Morgan fingerprint density at radius 1 is 1.35 bits per heavy atom. The lowest BCUT2D eigenvalue weighted by Gasteiger charge is -2.08. The van der Waals surface area contributed by atoms with Crippen LogP contribution in [0.1, 0.15) is 43.7 Å². The van der Waals surface area contributed by atoms with Crippen molar-refractivity contribution in [3.8, 4) is 0 Å². The number of hydrogen-bond acceptors (Lipinski definition) is 4. The molecule has 0 aliphatic carbocycles. The van der Waals surface area contributed by atoms with Gasteiger partial charge in [-0.15, -0.1) is 16.7 Å². The quantitative estimate of drug-likeness (QED) is 0.781. The van der Waals surface area contributed by atoms with Crippen molar-refractivity contribution in [1.29, 1.82) is 0 Å². The first-order valence-corrected chi connectivity index (χ1v) is 5.94. The van der Waals surface area contributed by atoms with Gasteiger partial charge in [0.15, 0.2) is 0 Å². The van der Waals surface area contributed by atoms with E-state index in [4.69, 9.17) is 11.6 Å². The second kappa shape index (κ2) is 4.83. The Balaban J connectivity index is 2.17. The van der Waals surface area contributed by atoms with Crippen molar-refractivity contribution in [2.75, 3.05) is 0 Å². The molecule has 0 spiro atoms. The summed E-state index contributed by atoms with van der Waals surface area (Å²) < 4.78 is 3.59. The lowest BCUT2D eigenvalue weighted by Crippen LogP contribution is -2.12. The highest BCUT2D eigenvalue weighted by Gasteiger charge is 2.11. The Kier molecular flexibility index (Phi) is 3.42. The Hall–Kier alpha value is -1.43. The first-order chi connectivity index (χ1) is 8.08. The molecule has 17 heavy (non-hydrogen) atoms. The number of alkyl halides is 1. The van der Waals surface area contributed by atoms with Gasteiger partial charge in [-0.05, 0) is 20.8 Å². The molecule has 0 aliphatic rings. The average molecular weight is 255 g/mol. The van der Waals surface area contributed by atoms with E-state index >= 15 is 0 Å². The zero-order valence-corrected chi connectivity index (χ0v) is 10.8. The predicted octanol–water partition coefficient (Wildman–Crippen LogP) is 1.80. The first-order valence-electron chi connectivity index (χ1n) is 5.50. The molecule has 1 atom stereocenters. The van der Waals surface area contributed by atoms with E-state index < -0.39 is 0 Å². The van der Waals surface area contributed by atoms with Crippen LogP contribution >= 0.6 is 11.6 Å². The van der Waals surface area contributed by atoms with E-state index in [-0.39, 0.29) is 11.4 Å². The zero-order valence-electron chi connectivity index (χ0n) is 10.1. The number of hydrogen-bond donors (Lipinski definition) is 0. The molecule has 0 aliphatic heterocycles. The van der Waals surface area contributed by atoms with Crippen LogP contribution in [0.4, 0.5) is 0 Å². The molecule has 0 aromatic carbocycles. The van der Waals surface area contributed by atoms with Crippen LogP contribution < -0.4 is 0 Å². The first kappa shape index (κ1) is 12.0. The van der Waals surface area contributed by atoms with E-state index in [0.717, 1.165) is 11.5 Å². The second-order valence-corrected chi connectivity index (χ2v) is 4.83. The van der Waals surface area contributed by atoms with Crippen molar-refractivity contribution in [2.45, 2.75) is 38.7 Å². The molecule has 0 saturated heterocycles. The fourth-order valence-electron chi connectivity index (χ4n) is 1.54. The van der Waals surface area contributed by atoms with Gasteiger partial charge in [0.2, 0.25) is 0 Å². The molecular formula is C10H15ClN6. The van der Waals surface area contributed by atoms with Gasteiger partial charge in [-0.2, -0.15) is 5.10 Å². The van der Waals surface area contributed by atoms with Gasteiger partial charge in [-0.3, -0.25) is 0 Å². The Morgan fingerprint density at radius 2 is 2.12 bits per heavy atom. The summed E-state index contributed by atoms with van der Waals surface area (Å²) in [6.07, 6.45) is 3.38. The van der Waals surface area contributed by atoms with Gasteiger partial charge in [-0.1, -0.05) is 5.21 Å². The molecule has 1 unspecified atom stereocenters. The second-order valence-electron chi connectivity index (χ2n) is 4.17. The van der Waals surface area contributed by atoms with Crippen molar-refractivity contribution in [1.82, 2.24) is 29.8 Å². The fourth-order valence-corrected chi connectivity index (χ4v) is 1.64. The van der Waals surface area contributed by atoms with Crippen LogP contribution in [0, 0.1) is 0 Å². The zero-order chi connectivity index (χ0) is 12.4. The van der Waals surface area contributed by atoms with Crippen LogP contribution in [0.2, 0.25) is 0 Å². The summed E-state index contributed by atoms with van der Waals surface area (Å²) in [6, 6.07) is 0.280. The third kappa shape index (κ3) is 2.63. The molecule has 0 bridgehead atoms. The molecule has 2 rings (SSSR count). The number of nitrogens with zero attached hydrogens (tertiary/aromatic N) is 6.